The number of carbonyl (C=O) groups is 1. The molecule has 1 amide bonds. The number of hydrogen-bond donors (Lipinski definition) is 0. The molecule has 3 aromatic rings. The summed E-state index contributed by atoms with van der Waals surface area (Å²) < 4.78 is 4.00. The number of amides is 1. The van der Waals surface area contributed by atoms with E-state index < -0.39 is 0 Å². The molecule has 27 heavy (non-hydrogen) atoms. The Kier molecular flexibility index (Phi) is 4.51. The summed E-state index contributed by atoms with van der Waals surface area (Å²) in [7, 11) is 1.86. The van der Waals surface area contributed by atoms with Crippen molar-refractivity contribution in [3.05, 3.63) is 53.9 Å². The van der Waals surface area contributed by atoms with Gasteiger partial charge >= 0.3 is 0 Å². The largest absolute Gasteiger partial charge is 0.337 e. The highest BCUT2D eigenvalue weighted by Crippen LogP contribution is 2.25. The number of pyridine rings is 1. The number of rotatable bonds is 4. The Morgan fingerprint density at radius 3 is 2.70 bits per heavy atom. The molecule has 4 heterocycles. The molecule has 1 saturated heterocycles. The van der Waals surface area contributed by atoms with Crippen LogP contribution >= 0.6 is 0 Å². The van der Waals surface area contributed by atoms with Crippen LogP contribution in [0.3, 0.4) is 0 Å². The fourth-order valence-electron chi connectivity index (χ4n) is 3.67. The molecule has 0 aromatic carbocycles. The van der Waals surface area contributed by atoms with Crippen LogP contribution in [0.2, 0.25) is 0 Å². The van der Waals surface area contributed by atoms with E-state index >= 15 is 0 Å². The number of imidazole rings is 1. The minimum absolute atomic E-state index is 0.0258. The maximum absolute atomic E-state index is 12.7. The Morgan fingerprint density at radius 1 is 1.22 bits per heavy atom. The quantitative estimate of drug-likeness (QED) is 0.713. The van der Waals surface area contributed by atoms with Gasteiger partial charge in [-0.2, -0.15) is 5.10 Å². The Labute approximate surface area is 158 Å². The van der Waals surface area contributed by atoms with Gasteiger partial charge in [-0.05, 0) is 44.4 Å². The fraction of sp³-hybridized carbons (Fsp3) is 0.400. The van der Waals surface area contributed by atoms with Crippen molar-refractivity contribution in [3.63, 3.8) is 0 Å². The van der Waals surface area contributed by atoms with Crippen LogP contribution in [0.15, 0.2) is 36.8 Å². The Hall–Kier alpha value is -2.96. The minimum Gasteiger partial charge on any atom is -0.337 e. The molecule has 0 bridgehead atoms. The molecule has 7 nitrogen and oxygen atoms in total. The smallest absolute Gasteiger partial charge is 0.274 e. The molecule has 0 N–H and O–H groups in total. The second-order valence-corrected chi connectivity index (χ2v) is 7.27. The van der Waals surface area contributed by atoms with Gasteiger partial charge < -0.3 is 9.47 Å². The lowest BCUT2D eigenvalue weighted by molar-refractivity contribution is 0.0779. The van der Waals surface area contributed by atoms with Crippen LogP contribution < -0.4 is 0 Å². The lowest BCUT2D eigenvalue weighted by Gasteiger charge is -2.17. The van der Waals surface area contributed by atoms with Gasteiger partial charge in [0.25, 0.3) is 5.91 Å². The van der Waals surface area contributed by atoms with E-state index in [2.05, 4.69) is 26.6 Å². The van der Waals surface area contributed by atoms with Gasteiger partial charge in [0.2, 0.25) is 0 Å². The predicted octanol–water partition coefficient (Wildman–Crippen LogP) is 2.46. The van der Waals surface area contributed by atoms with Crippen molar-refractivity contribution in [3.8, 4) is 11.4 Å². The summed E-state index contributed by atoms with van der Waals surface area (Å²) in [5.74, 6) is 1.39. The van der Waals surface area contributed by atoms with Crippen LogP contribution in [0, 0.1) is 19.8 Å². The van der Waals surface area contributed by atoms with E-state index in [9.17, 15) is 4.79 Å². The van der Waals surface area contributed by atoms with Gasteiger partial charge in [0.1, 0.15) is 5.82 Å². The van der Waals surface area contributed by atoms with Gasteiger partial charge in [0.05, 0.1) is 0 Å². The normalized spacial score (nSPS) is 16.9. The number of hydrogen-bond acceptors (Lipinski definition) is 4. The van der Waals surface area contributed by atoms with Gasteiger partial charge in [-0.25, -0.2) is 4.98 Å². The monoisotopic (exact) mass is 364 g/mol. The van der Waals surface area contributed by atoms with Gasteiger partial charge in [-0.3, -0.25) is 14.5 Å². The highest BCUT2D eigenvalue weighted by atomic mass is 16.2. The highest BCUT2D eigenvalue weighted by Gasteiger charge is 2.29. The molecule has 1 aliphatic heterocycles. The van der Waals surface area contributed by atoms with E-state index in [0.29, 0.717) is 11.6 Å². The molecule has 0 aliphatic carbocycles. The van der Waals surface area contributed by atoms with Gasteiger partial charge in [-0.15, -0.1) is 0 Å². The zero-order valence-electron chi connectivity index (χ0n) is 16.0. The van der Waals surface area contributed by atoms with Crippen LogP contribution in [0.1, 0.15) is 28.3 Å². The Bertz CT molecular complexity index is 939. The van der Waals surface area contributed by atoms with E-state index in [0.717, 1.165) is 48.8 Å². The minimum atomic E-state index is 0.0258. The van der Waals surface area contributed by atoms with Crippen molar-refractivity contribution in [2.24, 2.45) is 13.0 Å². The molecule has 1 aliphatic rings. The first-order chi connectivity index (χ1) is 13.0. The molecular weight excluding hydrogens is 340 g/mol. The van der Waals surface area contributed by atoms with Crippen molar-refractivity contribution in [1.82, 2.24) is 29.2 Å². The molecule has 140 valence electrons. The molecule has 4 rings (SSSR count). The van der Waals surface area contributed by atoms with Gasteiger partial charge in [0, 0.05) is 62.2 Å². The molecule has 0 spiro atoms. The van der Waals surface area contributed by atoms with Crippen molar-refractivity contribution in [1.29, 1.82) is 0 Å². The first-order valence-electron chi connectivity index (χ1n) is 9.25. The topological polar surface area (TPSA) is 68.8 Å². The summed E-state index contributed by atoms with van der Waals surface area (Å²) in [6, 6.07) is 5.82. The average molecular weight is 364 g/mol. The standard InChI is InChI=1S/C20H24N6O/c1-14-10-18(23-24(14)3)20(27)25-9-6-16(12-25)13-26-15(2)11-22-19(26)17-4-7-21-8-5-17/h4-5,7-8,10-11,16H,6,9,12-13H2,1-3H3. The van der Waals surface area contributed by atoms with Crippen LogP contribution in [0.5, 0.6) is 0 Å². The Balaban J connectivity index is 1.48. The SMILES string of the molecule is Cc1cc(C(=O)N2CCC(Cn3c(C)cnc3-c3ccncc3)C2)nn1C. The number of aryl methyl sites for hydroxylation is 3. The van der Waals surface area contributed by atoms with E-state index in [-0.39, 0.29) is 5.91 Å². The van der Waals surface area contributed by atoms with Crippen LogP contribution in [0.4, 0.5) is 0 Å². The number of aromatic nitrogens is 5. The Morgan fingerprint density at radius 2 is 2.00 bits per heavy atom. The summed E-state index contributed by atoms with van der Waals surface area (Å²) in [4.78, 5) is 23.3. The van der Waals surface area contributed by atoms with Crippen LogP contribution in [0.25, 0.3) is 11.4 Å². The first-order valence-corrected chi connectivity index (χ1v) is 9.25. The first kappa shape index (κ1) is 17.5. The van der Waals surface area contributed by atoms with Crippen LogP contribution in [-0.2, 0) is 13.6 Å². The van der Waals surface area contributed by atoms with E-state index in [1.807, 2.05) is 43.3 Å². The number of carbonyl (C=O) groups excluding carboxylic acids is 1. The van der Waals surface area contributed by atoms with Gasteiger partial charge in [-0.1, -0.05) is 0 Å². The number of likely N-dealkylation sites (tertiary alicyclic amines) is 1. The summed E-state index contributed by atoms with van der Waals surface area (Å²) in [6.07, 6.45) is 6.47. The third-order valence-corrected chi connectivity index (χ3v) is 5.34. The third kappa shape index (κ3) is 3.37. The zero-order valence-corrected chi connectivity index (χ0v) is 16.0. The van der Waals surface area contributed by atoms with E-state index in [1.165, 1.54) is 0 Å². The van der Waals surface area contributed by atoms with Crippen molar-refractivity contribution >= 4 is 5.91 Å². The summed E-state index contributed by atoms with van der Waals surface area (Å²) in [6.45, 7) is 6.42. The summed E-state index contributed by atoms with van der Waals surface area (Å²) >= 11 is 0. The zero-order chi connectivity index (χ0) is 19.0. The van der Waals surface area contributed by atoms with E-state index in [4.69, 9.17) is 0 Å². The maximum Gasteiger partial charge on any atom is 0.274 e. The molecular formula is C20H24N6O. The van der Waals surface area contributed by atoms with Crippen molar-refractivity contribution in [2.75, 3.05) is 13.1 Å². The molecule has 3 aromatic heterocycles. The van der Waals surface area contributed by atoms with Gasteiger partial charge in [0.15, 0.2) is 5.69 Å². The summed E-state index contributed by atoms with van der Waals surface area (Å²) in [5.41, 5.74) is 3.72. The molecule has 0 saturated carbocycles. The molecule has 1 atom stereocenters. The predicted molar refractivity (Wildman–Crippen MR) is 102 cm³/mol. The third-order valence-electron chi connectivity index (χ3n) is 5.34. The molecule has 1 fully saturated rings. The average Bonchev–Trinajstić information content (AvgIpc) is 3.37. The molecule has 0 radical (unpaired) electrons. The van der Waals surface area contributed by atoms with Crippen LogP contribution in [-0.4, -0.2) is 48.2 Å². The lowest BCUT2D eigenvalue weighted by atomic mass is 10.1. The fourth-order valence-corrected chi connectivity index (χ4v) is 3.67. The maximum atomic E-state index is 12.7. The van der Waals surface area contributed by atoms with Crippen molar-refractivity contribution < 1.29 is 4.79 Å². The highest BCUT2D eigenvalue weighted by molar-refractivity contribution is 5.92. The second kappa shape index (κ2) is 6.98. The van der Waals surface area contributed by atoms with E-state index in [1.54, 1.807) is 17.1 Å². The molecule has 1 unspecified atom stereocenters. The molecule has 7 heteroatoms. The van der Waals surface area contributed by atoms with Crippen molar-refractivity contribution in [2.45, 2.75) is 26.8 Å². The second-order valence-electron chi connectivity index (χ2n) is 7.27. The lowest BCUT2D eigenvalue weighted by Crippen LogP contribution is -2.29. The summed E-state index contributed by atoms with van der Waals surface area (Å²) in [5, 5.41) is 4.33. The number of nitrogens with zero attached hydrogens (tertiary/aromatic N) is 6.